The fourth-order valence-corrected chi connectivity index (χ4v) is 1.48. The molecule has 0 aliphatic rings. The lowest BCUT2D eigenvalue weighted by Crippen LogP contribution is -2.47. The van der Waals surface area contributed by atoms with Gasteiger partial charge in [-0.1, -0.05) is 6.08 Å². The van der Waals surface area contributed by atoms with Crippen molar-refractivity contribution in [2.24, 2.45) is 0 Å². The quantitative estimate of drug-likeness (QED) is 0.330. The molecule has 1 atom stereocenters. The largest absolute Gasteiger partial charge is 0.480 e. The highest BCUT2D eigenvalue weighted by atomic mass is 32.2. The van der Waals surface area contributed by atoms with Gasteiger partial charge in [-0.3, -0.25) is 0 Å². The maximum Gasteiger partial charge on any atom is 0.326 e. The van der Waals surface area contributed by atoms with Crippen LogP contribution in [0.1, 0.15) is 6.42 Å². The maximum atomic E-state index is 11.3. The third-order valence-corrected chi connectivity index (χ3v) is 2.51. The van der Waals surface area contributed by atoms with Gasteiger partial charge in [0.1, 0.15) is 6.04 Å². The molecule has 0 radical (unpaired) electrons. The molecule has 0 heterocycles. The number of hydrogen-bond acceptors (Lipinski definition) is 4. The number of sulfonamides is 1. The Morgan fingerprint density at radius 2 is 2.00 bits per heavy atom. The van der Waals surface area contributed by atoms with E-state index in [1.807, 2.05) is 0 Å². The summed E-state index contributed by atoms with van der Waals surface area (Å²) in [6, 6.07) is -1.73. The Bertz CT molecular complexity index is 406. The molecule has 0 saturated carbocycles. The molecule has 0 spiro atoms. The molecule has 0 saturated heterocycles. The van der Waals surface area contributed by atoms with Crippen molar-refractivity contribution in [2.75, 3.05) is 19.3 Å². The lowest BCUT2D eigenvalue weighted by molar-refractivity contribution is -0.139. The van der Waals surface area contributed by atoms with Gasteiger partial charge in [0.15, 0.2) is 0 Å². The standard InChI is InChI=1S/C9H17N3O5S/c1-3-4-7(8(13)14)12-9(15)10-5-6-11-18(2,16)17/h3,7,11H,1,4-6H2,2H3,(H,13,14)(H2,10,12,15). The normalized spacial score (nSPS) is 12.5. The van der Waals surface area contributed by atoms with E-state index in [2.05, 4.69) is 21.9 Å². The zero-order chi connectivity index (χ0) is 14.2. The van der Waals surface area contributed by atoms with Gasteiger partial charge in [-0.25, -0.2) is 22.7 Å². The molecule has 0 aromatic rings. The Morgan fingerprint density at radius 1 is 1.39 bits per heavy atom. The molecule has 18 heavy (non-hydrogen) atoms. The van der Waals surface area contributed by atoms with Gasteiger partial charge in [0.25, 0.3) is 0 Å². The minimum absolute atomic E-state index is 0.0332. The van der Waals surface area contributed by atoms with Crippen LogP contribution in [-0.2, 0) is 14.8 Å². The number of hydrogen-bond donors (Lipinski definition) is 4. The number of aliphatic carboxylic acids is 1. The first-order valence-electron chi connectivity index (χ1n) is 5.09. The number of nitrogens with one attached hydrogen (secondary N) is 3. The van der Waals surface area contributed by atoms with E-state index >= 15 is 0 Å². The topological polar surface area (TPSA) is 125 Å². The third-order valence-electron chi connectivity index (χ3n) is 1.78. The number of carbonyl (C=O) groups excluding carboxylic acids is 1. The Morgan fingerprint density at radius 3 is 2.44 bits per heavy atom. The maximum absolute atomic E-state index is 11.3. The van der Waals surface area contributed by atoms with E-state index in [-0.39, 0.29) is 19.5 Å². The van der Waals surface area contributed by atoms with E-state index in [1.165, 1.54) is 6.08 Å². The zero-order valence-electron chi connectivity index (χ0n) is 9.97. The molecule has 2 amide bonds. The van der Waals surface area contributed by atoms with Crippen LogP contribution < -0.4 is 15.4 Å². The second-order valence-electron chi connectivity index (χ2n) is 3.48. The molecule has 8 nitrogen and oxygen atoms in total. The minimum atomic E-state index is -3.30. The molecule has 104 valence electrons. The van der Waals surface area contributed by atoms with Crippen LogP contribution in [0.2, 0.25) is 0 Å². The number of carboxylic acid groups (broad SMARTS) is 1. The van der Waals surface area contributed by atoms with Crippen LogP contribution >= 0.6 is 0 Å². The first-order chi connectivity index (χ1) is 8.26. The Labute approximate surface area is 105 Å². The molecule has 0 aliphatic carbocycles. The third kappa shape index (κ3) is 8.53. The predicted molar refractivity (Wildman–Crippen MR) is 65.6 cm³/mol. The van der Waals surface area contributed by atoms with Crippen molar-refractivity contribution >= 4 is 22.0 Å². The van der Waals surface area contributed by atoms with E-state index in [0.717, 1.165) is 6.26 Å². The highest BCUT2D eigenvalue weighted by Gasteiger charge is 2.17. The summed E-state index contributed by atoms with van der Waals surface area (Å²) < 4.78 is 23.6. The fourth-order valence-electron chi connectivity index (χ4n) is 1.01. The molecular formula is C9H17N3O5S. The smallest absolute Gasteiger partial charge is 0.326 e. The number of urea groups is 1. The van der Waals surface area contributed by atoms with Crippen molar-refractivity contribution in [2.45, 2.75) is 12.5 Å². The van der Waals surface area contributed by atoms with Crippen LogP contribution in [0.25, 0.3) is 0 Å². The zero-order valence-corrected chi connectivity index (χ0v) is 10.8. The molecule has 0 bridgehead atoms. The Hall–Kier alpha value is -1.61. The molecular weight excluding hydrogens is 262 g/mol. The molecule has 0 rings (SSSR count). The second kappa shape index (κ2) is 7.67. The van der Waals surface area contributed by atoms with E-state index < -0.39 is 28.1 Å². The summed E-state index contributed by atoms with van der Waals surface area (Å²) in [5.41, 5.74) is 0. The van der Waals surface area contributed by atoms with Crippen LogP contribution in [0, 0.1) is 0 Å². The minimum Gasteiger partial charge on any atom is -0.480 e. The average molecular weight is 279 g/mol. The van der Waals surface area contributed by atoms with Gasteiger partial charge < -0.3 is 15.7 Å². The molecule has 4 N–H and O–H groups in total. The Balaban J connectivity index is 3.95. The number of amides is 2. The summed E-state index contributed by atoms with van der Waals surface area (Å²) in [6.07, 6.45) is 2.48. The molecule has 0 fully saturated rings. The molecule has 1 unspecified atom stereocenters. The average Bonchev–Trinajstić information content (AvgIpc) is 2.22. The second-order valence-corrected chi connectivity index (χ2v) is 5.31. The van der Waals surface area contributed by atoms with E-state index in [4.69, 9.17) is 5.11 Å². The van der Waals surface area contributed by atoms with Gasteiger partial charge in [0, 0.05) is 13.1 Å². The van der Waals surface area contributed by atoms with Crippen molar-refractivity contribution in [3.63, 3.8) is 0 Å². The Kier molecular flexibility index (Phi) is 6.98. The lowest BCUT2D eigenvalue weighted by Gasteiger charge is -2.13. The van der Waals surface area contributed by atoms with Gasteiger partial charge in [0.2, 0.25) is 10.0 Å². The highest BCUT2D eigenvalue weighted by molar-refractivity contribution is 7.88. The predicted octanol–water partition coefficient (Wildman–Crippen LogP) is -1.14. The number of carbonyl (C=O) groups is 2. The molecule has 0 aliphatic heterocycles. The van der Waals surface area contributed by atoms with E-state index in [0.29, 0.717) is 0 Å². The van der Waals surface area contributed by atoms with Crippen LogP contribution in [0.4, 0.5) is 4.79 Å². The summed E-state index contributed by atoms with van der Waals surface area (Å²) in [6.45, 7) is 3.47. The summed E-state index contributed by atoms with van der Waals surface area (Å²) >= 11 is 0. The van der Waals surface area contributed by atoms with Crippen molar-refractivity contribution < 1.29 is 23.1 Å². The monoisotopic (exact) mass is 279 g/mol. The summed E-state index contributed by atoms with van der Waals surface area (Å²) in [7, 11) is -3.30. The van der Waals surface area contributed by atoms with Crippen molar-refractivity contribution in [1.29, 1.82) is 0 Å². The van der Waals surface area contributed by atoms with Crippen molar-refractivity contribution in [3.05, 3.63) is 12.7 Å². The van der Waals surface area contributed by atoms with Crippen LogP contribution in [0.3, 0.4) is 0 Å². The molecule has 9 heteroatoms. The van der Waals surface area contributed by atoms with Gasteiger partial charge in [0.05, 0.1) is 6.26 Å². The van der Waals surface area contributed by atoms with Gasteiger partial charge in [-0.05, 0) is 6.42 Å². The van der Waals surface area contributed by atoms with E-state index in [9.17, 15) is 18.0 Å². The van der Waals surface area contributed by atoms with Gasteiger partial charge >= 0.3 is 12.0 Å². The summed E-state index contributed by atoms with van der Waals surface area (Å²) in [4.78, 5) is 22.0. The van der Waals surface area contributed by atoms with Crippen molar-refractivity contribution in [3.8, 4) is 0 Å². The number of carboxylic acids is 1. The first kappa shape index (κ1) is 16.4. The first-order valence-corrected chi connectivity index (χ1v) is 6.98. The van der Waals surface area contributed by atoms with Crippen LogP contribution in [-0.4, -0.2) is 50.9 Å². The van der Waals surface area contributed by atoms with Crippen LogP contribution in [0.5, 0.6) is 0 Å². The van der Waals surface area contributed by atoms with E-state index in [1.54, 1.807) is 0 Å². The molecule has 0 aromatic heterocycles. The highest BCUT2D eigenvalue weighted by Crippen LogP contribution is 1.92. The molecule has 0 aromatic carbocycles. The van der Waals surface area contributed by atoms with Crippen molar-refractivity contribution in [1.82, 2.24) is 15.4 Å². The number of rotatable bonds is 8. The summed E-state index contributed by atoms with van der Waals surface area (Å²) in [5, 5.41) is 13.3. The SMILES string of the molecule is C=CCC(NC(=O)NCCNS(C)(=O)=O)C(=O)O. The lowest BCUT2D eigenvalue weighted by atomic mass is 10.2. The van der Waals surface area contributed by atoms with Crippen LogP contribution in [0.15, 0.2) is 12.7 Å². The fraction of sp³-hybridized carbons (Fsp3) is 0.556. The summed E-state index contributed by atoms with van der Waals surface area (Å²) in [5.74, 6) is -1.17. The van der Waals surface area contributed by atoms with Gasteiger partial charge in [-0.15, -0.1) is 6.58 Å². The van der Waals surface area contributed by atoms with Gasteiger partial charge in [-0.2, -0.15) is 0 Å².